The predicted molar refractivity (Wildman–Crippen MR) is 120 cm³/mol. The molecule has 158 valence electrons. The van der Waals surface area contributed by atoms with Crippen molar-refractivity contribution in [1.29, 1.82) is 0 Å². The van der Waals surface area contributed by atoms with Crippen LogP contribution in [0.1, 0.15) is 20.8 Å². The zero-order chi connectivity index (χ0) is 21.9. The molecule has 0 spiro atoms. The maximum atomic E-state index is 13.0. The summed E-state index contributed by atoms with van der Waals surface area (Å²) in [5, 5.41) is 0. The Morgan fingerprint density at radius 2 is 1.83 bits per heavy atom. The van der Waals surface area contributed by atoms with E-state index in [1.807, 2.05) is 13.0 Å². The monoisotopic (exact) mass is 464 g/mol. The van der Waals surface area contributed by atoms with Crippen molar-refractivity contribution in [3.8, 4) is 5.75 Å². The number of nitrogens with one attached hydrogen (secondary N) is 1. The summed E-state index contributed by atoms with van der Waals surface area (Å²) in [5.74, 6) is -0.159. The molecule has 1 aromatic heterocycles. The van der Waals surface area contributed by atoms with E-state index in [0.29, 0.717) is 16.6 Å². The van der Waals surface area contributed by atoms with Gasteiger partial charge in [0.2, 0.25) is 0 Å². The minimum atomic E-state index is -3.97. The molecule has 1 N–H and O–H groups in total. The zero-order valence-electron chi connectivity index (χ0n) is 16.7. The van der Waals surface area contributed by atoms with Crippen molar-refractivity contribution in [2.75, 3.05) is 18.9 Å². The summed E-state index contributed by atoms with van der Waals surface area (Å²) in [6.45, 7) is 2.28. The molecular weight excluding hydrogens is 444 g/mol. The van der Waals surface area contributed by atoms with Crippen LogP contribution in [0.2, 0.25) is 4.34 Å². The van der Waals surface area contributed by atoms with E-state index in [4.69, 9.17) is 16.3 Å². The van der Waals surface area contributed by atoms with Crippen LogP contribution in [0.25, 0.3) is 0 Å². The summed E-state index contributed by atoms with van der Waals surface area (Å²) in [5.41, 5.74) is 1.68. The number of hydrogen-bond donors (Lipinski definition) is 1. The van der Waals surface area contributed by atoms with E-state index in [-0.39, 0.29) is 22.1 Å². The molecule has 0 saturated carbocycles. The molecule has 3 rings (SSSR count). The van der Waals surface area contributed by atoms with Crippen molar-refractivity contribution < 1.29 is 17.9 Å². The van der Waals surface area contributed by atoms with Crippen molar-refractivity contribution in [2.45, 2.75) is 18.4 Å². The molecule has 0 fully saturated rings. The van der Waals surface area contributed by atoms with E-state index in [2.05, 4.69) is 4.72 Å². The fourth-order valence-electron chi connectivity index (χ4n) is 2.81. The quantitative estimate of drug-likeness (QED) is 0.545. The van der Waals surface area contributed by atoms with Crippen molar-refractivity contribution in [2.24, 2.45) is 0 Å². The van der Waals surface area contributed by atoms with Gasteiger partial charge < -0.3 is 9.64 Å². The lowest BCUT2D eigenvalue weighted by atomic mass is 10.2. The number of methoxy groups -OCH3 is 1. The SMILES string of the molecule is COc1ccc(C(=O)N(C)Cc2ccc(Cl)s2)cc1S(=O)(=O)Nc1ccc(C)cc1. The van der Waals surface area contributed by atoms with E-state index in [1.165, 1.54) is 35.5 Å². The lowest BCUT2D eigenvalue weighted by Gasteiger charge is -2.18. The number of ether oxygens (including phenoxy) is 1. The molecule has 0 aliphatic heterocycles. The summed E-state index contributed by atoms with van der Waals surface area (Å²) in [4.78, 5) is 15.2. The Labute approximate surface area is 185 Å². The number of benzene rings is 2. The van der Waals surface area contributed by atoms with Crippen LogP contribution >= 0.6 is 22.9 Å². The smallest absolute Gasteiger partial charge is 0.265 e. The Morgan fingerprint density at radius 1 is 1.13 bits per heavy atom. The highest BCUT2D eigenvalue weighted by molar-refractivity contribution is 7.92. The summed E-state index contributed by atoms with van der Waals surface area (Å²) in [6.07, 6.45) is 0. The molecule has 2 aromatic carbocycles. The number of thiophene rings is 1. The molecule has 3 aromatic rings. The van der Waals surface area contributed by atoms with Crippen molar-refractivity contribution in [1.82, 2.24) is 4.90 Å². The second-order valence-corrected chi connectivity index (χ2v) is 10.2. The Morgan fingerprint density at radius 3 is 2.43 bits per heavy atom. The highest BCUT2D eigenvalue weighted by Gasteiger charge is 2.23. The molecule has 0 unspecified atom stereocenters. The molecule has 30 heavy (non-hydrogen) atoms. The van der Waals surface area contributed by atoms with E-state index in [1.54, 1.807) is 43.4 Å². The van der Waals surface area contributed by atoms with Gasteiger partial charge in [-0.1, -0.05) is 29.3 Å². The minimum absolute atomic E-state index is 0.107. The number of rotatable bonds is 7. The molecule has 0 aliphatic carbocycles. The highest BCUT2D eigenvalue weighted by atomic mass is 35.5. The fourth-order valence-corrected chi connectivity index (χ4v) is 5.21. The first-order chi connectivity index (χ1) is 14.2. The summed E-state index contributed by atoms with van der Waals surface area (Å²) >= 11 is 7.34. The van der Waals surface area contributed by atoms with Crippen LogP contribution in [0.4, 0.5) is 5.69 Å². The second-order valence-electron chi connectivity index (χ2n) is 6.70. The van der Waals surface area contributed by atoms with Crippen LogP contribution in [0.5, 0.6) is 5.75 Å². The predicted octanol–water partition coefficient (Wildman–Crippen LogP) is 4.79. The standard InChI is InChI=1S/C21H21ClN2O4S2/c1-14-4-7-16(8-5-14)23-30(26,27)19-12-15(6-10-18(19)28-3)21(25)24(2)13-17-9-11-20(22)29-17/h4-12,23H,13H2,1-3H3. The van der Waals surface area contributed by atoms with Crippen LogP contribution in [0, 0.1) is 6.92 Å². The lowest BCUT2D eigenvalue weighted by Crippen LogP contribution is -2.26. The number of aryl methyl sites for hydroxylation is 1. The second kappa shape index (κ2) is 9.07. The number of anilines is 1. The molecule has 0 bridgehead atoms. The molecule has 1 heterocycles. The number of carbonyl (C=O) groups is 1. The van der Waals surface area contributed by atoms with Gasteiger partial charge in [-0.15, -0.1) is 11.3 Å². The molecule has 0 aliphatic rings. The first-order valence-electron chi connectivity index (χ1n) is 8.97. The number of nitrogens with zero attached hydrogens (tertiary/aromatic N) is 1. The van der Waals surface area contributed by atoms with E-state index < -0.39 is 10.0 Å². The van der Waals surface area contributed by atoms with Gasteiger partial charge in [-0.25, -0.2) is 8.42 Å². The summed E-state index contributed by atoms with van der Waals surface area (Å²) in [6, 6.07) is 14.9. The van der Waals surface area contributed by atoms with Crippen LogP contribution in [-0.4, -0.2) is 33.4 Å². The van der Waals surface area contributed by atoms with Gasteiger partial charge in [0.15, 0.2) is 0 Å². The maximum Gasteiger partial charge on any atom is 0.265 e. The van der Waals surface area contributed by atoms with Gasteiger partial charge in [0.1, 0.15) is 10.6 Å². The number of halogens is 1. The third kappa shape index (κ3) is 5.13. The van der Waals surface area contributed by atoms with Crippen LogP contribution < -0.4 is 9.46 Å². The normalized spacial score (nSPS) is 11.2. The highest BCUT2D eigenvalue weighted by Crippen LogP contribution is 2.28. The first-order valence-corrected chi connectivity index (χ1v) is 11.6. The van der Waals surface area contributed by atoms with Crippen molar-refractivity contribution in [3.05, 3.63) is 74.9 Å². The Bertz CT molecular complexity index is 1160. The maximum absolute atomic E-state index is 13.0. The zero-order valence-corrected chi connectivity index (χ0v) is 19.1. The summed E-state index contributed by atoms with van der Waals surface area (Å²) in [7, 11) is -0.932. The third-order valence-corrected chi connectivity index (χ3v) is 6.99. The van der Waals surface area contributed by atoms with Crippen molar-refractivity contribution in [3.63, 3.8) is 0 Å². The molecule has 6 nitrogen and oxygen atoms in total. The number of hydrogen-bond acceptors (Lipinski definition) is 5. The van der Waals surface area contributed by atoms with Gasteiger partial charge in [0.05, 0.1) is 18.0 Å². The molecule has 0 saturated heterocycles. The van der Waals surface area contributed by atoms with Crippen molar-refractivity contribution >= 4 is 44.6 Å². The van der Waals surface area contributed by atoms with E-state index in [9.17, 15) is 13.2 Å². The largest absolute Gasteiger partial charge is 0.495 e. The lowest BCUT2D eigenvalue weighted by molar-refractivity contribution is 0.0786. The third-order valence-electron chi connectivity index (χ3n) is 4.37. The van der Waals surface area contributed by atoms with Gasteiger partial charge in [0.25, 0.3) is 15.9 Å². The Balaban J connectivity index is 1.88. The van der Waals surface area contributed by atoms with Crippen LogP contribution in [0.15, 0.2) is 59.5 Å². The number of sulfonamides is 1. The van der Waals surface area contributed by atoms with E-state index >= 15 is 0 Å². The number of amides is 1. The topological polar surface area (TPSA) is 75.7 Å². The van der Waals surface area contributed by atoms with E-state index in [0.717, 1.165) is 10.4 Å². The molecular formula is C21H21ClN2O4S2. The fraction of sp³-hybridized carbons (Fsp3) is 0.190. The van der Waals surface area contributed by atoms with Gasteiger partial charge in [0, 0.05) is 23.2 Å². The molecule has 1 amide bonds. The summed E-state index contributed by atoms with van der Waals surface area (Å²) < 4.78 is 34.3. The average Bonchev–Trinajstić information content (AvgIpc) is 3.13. The van der Waals surface area contributed by atoms with Gasteiger partial charge in [-0.2, -0.15) is 0 Å². The number of carbonyl (C=O) groups excluding carboxylic acids is 1. The van der Waals surface area contributed by atoms with Crippen LogP contribution in [-0.2, 0) is 16.6 Å². The molecule has 0 atom stereocenters. The molecule has 9 heteroatoms. The van der Waals surface area contributed by atoms with Gasteiger partial charge >= 0.3 is 0 Å². The Hall–Kier alpha value is -2.55. The first kappa shape index (κ1) is 22.1. The minimum Gasteiger partial charge on any atom is -0.495 e. The average molecular weight is 465 g/mol. The Kier molecular flexibility index (Phi) is 6.70. The van der Waals surface area contributed by atoms with Gasteiger partial charge in [-0.05, 0) is 49.4 Å². The van der Waals surface area contributed by atoms with Crippen LogP contribution in [0.3, 0.4) is 0 Å². The molecule has 0 radical (unpaired) electrons. The van der Waals surface area contributed by atoms with Gasteiger partial charge in [-0.3, -0.25) is 9.52 Å².